The molecule has 1 aromatic rings. The van der Waals surface area contributed by atoms with Gasteiger partial charge in [-0.25, -0.2) is 0 Å². The second-order valence-electron chi connectivity index (χ2n) is 4.36. The van der Waals surface area contributed by atoms with Crippen molar-refractivity contribution in [3.8, 4) is 0 Å². The van der Waals surface area contributed by atoms with E-state index in [0.29, 0.717) is 11.7 Å². The smallest absolute Gasteiger partial charge is 0.289 e. The molecule has 1 saturated heterocycles. The highest BCUT2D eigenvalue weighted by atomic mass is 16.3. The summed E-state index contributed by atoms with van der Waals surface area (Å²) < 4.78 is 5.10. The average molecular weight is 222 g/mol. The minimum atomic E-state index is -0.0245. The summed E-state index contributed by atoms with van der Waals surface area (Å²) in [5.41, 5.74) is 0. The standard InChI is InChI=1S/C12H18N2O2/c1-14(9-10-4-6-13-7-5-10)12(15)11-3-2-8-16-11/h2-3,8,10,13H,4-7,9H2,1H3. The Kier molecular flexibility index (Phi) is 3.62. The fraction of sp³-hybridized carbons (Fsp3) is 0.583. The van der Waals surface area contributed by atoms with E-state index in [-0.39, 0.29) is 5.91 Å². The molecule has 0 saturated carbocycles. The number of rotatable bonds is 3. The highest BCUT2D eigenvalue weighted by molar-refractivity contribution is 5.91. The van der Waals surface area contributed by atoms with Gasteiger partial charge in [0.2, 0.25) is 0 Å². The second-order valence-corrected chi connectivity index (χ2v) is 4.36. The molecule has 0 spiro atoms. The van der Waals surface area contributed by atoms with E-state index in [4.69, 9.17) is 4.42 Å². The number of hydrogen-bond acceptors (Lipinski definition) is 3. The maximum atomic E-state index is 11.9. The van der Waals surface area contributed by atoms with Crippen LogP contribution < -0.4 is 5.32 Å². The first-order valence-corrected chi connectivity index (χ1v) is 5.77. The molecule has 1 aromatic heterocycles. The van der Waals surface area contributed by atoms with Gasteiger partial charge in [0.05, 0.1) is 6.26 Å². The highest BCUT2D eigenvalue weighted by Gasteiger charge is 2.20. The third kappa shape index (κ3) is 2.64. The SMILES string of the molecule is CN(CC1CCNCC1)C(=O)c1ccco1. The second kappa shape index (κ2) is 5.16. The molecule has 16 heavy (non-hydrogen) atoms. The van der Waals surface area contributed by atoms with Crippen LogP contribution in [0.25, 0.3) is 0 Å². The Morgan fingerprint density at radius 2 is 2.31 bits per heavy atom. The zero-order valence-corrected chi connectivity index (χ0v) is 9.61. The lowest BCUT2D eigenvalue weighted by Crippen LogP contribution is -2.37. The van der Waals surface area contributed by atoms with Crippen LogP contribution >= 0.6 is 0 Å². The molecule has 4 nitrogen and oxygen atoms in total. The van der Waals surface area contributed by atoms with Gasteiger partial charge >= 0.3 is 0 Å². The van der Waals surface area contributed by atoms with Crippen molar-refractivity contribution in [2.45, 2.75) is 12.8 Å². The van der Waals surface area contributed by atoms with Gasteiger partial charge in [-0.05, 0) is 44.0 Å². The molecule has 0 unspecified atom stereocenters. The normalized spacial score (nSPS) is 17.3. The van der Waals surface area contributed by atoms with Gasteiger partial charge in [0, 0.05) is 13.6 Å². The first kappa shape index (κ1) is 11.2. The number of amides is 1. The molecule has 2 rings (SSSR count). The molecule has 0 bridgehead atoms. The number of piperidine rings is 1. The summed E-state index contributed by atoms with van der Waals surface area (Å²) in [4.78, 5) is 13.7. The van der Waals surface area contributed by atoms with Crippen molar-refractivity contribution < 1.29 is 9.21 Å². The van der Waals surface area contributed by atoms with Crippen LogP contribution in [-0.4, -0.2) is 37.5 Å². The number of furan rings is 1. The summed E-state index contributed by atoms with van der Waals surface area (Å²) in [5.74, 6) is 1.02. The van der Waals surface area contributed by atoms with E-state index in [0.717, 1.165) is 32.5 Å². The van der Waals surface area contributed by atoms with Crippen LogP contribution in [0.5, 0.6) is 0 Å². The summed E-state index contributed by atoms with van der Waals surface area (Å²) in [6, 6.07) is 3.45. The van der Waals surface area contributed by atoms with E-state index in [1.807, 2.05) is 7.05 Å². The van der Waals surface area contributed by atoms with E-state index < -0.39 is 0 Å². The van der Waals surface area contributed by atoms with E-state index in [1.165, 1.54) is 6.26 Å². The molecule has 1 aliphatic rings. The van der Waals surface area contributed by atoms with E-state index in [1.54, 1.807) is 17.0 Å². The molecular weight excluding hydrogens is 204 g/mol. The monoisotopic (exact) mass is 222 g/mol. The van der Waals surface area contributed by atoms with Gasteiger partial charge in [-0.3, -0.25) is 4.79 Å². The first-order chi connectivity index (χ1) is 7.77. The van der Waals surface area contributed by atoms with Crippen molar-refractivity contribution in [1.82, 2.24) is 10.2 Å². The lowest BCUT2D eigenvalue weighted by molar-refractivity contribution is 0.0731. The lowest BCUT2D eigenvalue weighted by Gasteiger charge is -2.27. The van der Waals surface area contributed by atoms with Gasteiger partial charge in [0.1, 0.15) is 0 Å². The number of carbonyl (C=O) groups excluding carboxylic acids is 1. The minimum Gasteiger partial charge on any atom is -0.459 e. The van der Waals surface area contributed by atoms with E-state index in [2.05, 4.69) is 5.32 Å². The van der Waals surface area contributed by atoms with Crippen molar-refractivity contribution in [3.05, 3.63) is 24.2 Å². The van der Waals surface area contributed by atoms with Crippen molar-refractivity contribution in [2.75, 3.05) is 26.7 Å². The molecule has 0 atom stereocenters. The predicted molar refractivity (Wildman–Crippen MR) is 61.3 cm³/mol. The van der Waals surface area contributed by atoms with Crippen LogP contribution in [0.3, 0.4) is 0 Å². The predicted octanol–water partition coefficient (Wildman–Crippen LogP) is 1.35. The number of carbonyl (C=O) groups is 1. The van der Waals surface area contributed by atoms with Gasteiger partial charge in [0.15, 0.2) is 5.76 Å². The Morgan fingerprint density at radius 3 is 2.94 bits per heavy atom. The molecule has 88 valence electrons. The number of hydrogen-bond donors (Lipinski definition) is 1. The van der Waals surface area contributed by atoms with Crippen LogP contribution in [0, 0.1) is 5.92 Å². The Bertz CT molecular complexity index is 329. The van der Waals surface area contributed by atoms with Crippen molar-refractivity contribution >= 4 is 5.91 Å². The molecule has 0 radical (unpaired) electrons. The molecule has 2 heterocycles. The molecule has 1 amide bonds. The molecule has 0 aromatic carbocycles. The zero-order valence-electron chi connectivity index (χ0n) is 9.61. The molecule has 4 heteroatoms. The van der Waals surface area contributed by atoms with Gasteiger partial charge in [-0.2, -0.15) is 0 Å². The Morgan fingerprint density at radius 1 is 1.56 bits per heavy atom. The third-order valence-electron chi connectivity index (χ3n) is 3.07. The fourth-order valence-corrected chi connectivity index (χ4v) is 2.12. The van der Waals surface area contributed by atoms with Gasteiger partial charge in [-0.1, -0.05) is 0 Å². The summed E-state index contributed by atoms with van der Waals surface area (Å²) in [6.07, 6.45) is 3.83. The maximum absolute atomic E-state index is 11.9. The minimum absolute atomic E-state index is 0.0245. The average Bonchev–Trinajstić information content (AvgIpc) is 2.83. The van der Waals surface area contributed by atoms with Gasteiger partial charge in [0.25, 0.3) is 5.91 Å². The highest BCUT2D eigenvalue weighted by Crippen LogP contribution is 2.14. The van der Waals surface area contributed by atoms with Crippen LogP contribution in [0.4, 0.5) is 0 Å². The third-order valence-corrected chi connectivity index (χ3v) is 3.07. The Hall–Kier alpha value is -1.29. The topological polar surface area (TPSA) is 45.5 Å². The molecular formula is C12H18N2O2. The number of nitrogens with zero attached hydrogens (tertiary/aromatic N) is 1. The van der Waals surface area contributed by atoms with Crippen LogP contribution in [0.1, 0.15) is 23.4 Å². The summed E-state index contributed by atoms with van der Waals surface area (Å²) >= 11 is 0. The first-order valence-electron chi connectivity index (χ1n) is 5.77. The fourth-order valence-electron chi connectivity index (χ4n) is 2.12. The molecule has 1 aliphatic heterocycles. The quantitative estimate of drug-likeness (QED) is 0.839. The Labute approximate surface area is 95.6 Å². The largest absolute Gasteiger partial charge is 0.459 e. The van der Waals surface area contributed by atoms with Crippen molar-refractivity contribution in [1.29, 1.82) is 0 Å². The summed E-state index contributed by atoms with van der Waals surface area (Å²) in [5, 5.41) is 3.32. The zero-order chi connectivity index (χ0) is 11.4. The van der Waals surface area contributed by atoms with E-state index >= 15 is 0 Å². The summed E-state index contributed by atoms with van der Waals surface area (Å²) in [7, 11) is 1.84. The summed E-state index contributed by atoms with van der Waals surface area (Å²) in [6.45, 7) is 2.95. The van der Waals surface area contributed by atoms with Crippen LogP contribution in [-0.2, 0) is 0 Å². The Balaban J connectivity index is 1.87. The van der Waals surface area contributed by atoms with Crippen molar-refractivity contribution in [2.24, 2.45) is 5.92 Å². The lowest BCUT2D eigenvalue weighted by atomic mass is 9.98. The van der Waals surface area contributed by atoms with Crippen molar-refractivity contribution in [3.63, 3.8) is 0 Å². The van der Waals surface area contributed by atoms with E-state index in [9.17, 15) is 4.79 Å². The molecule has 1 fully saturated rings. The van der Waals surface area contributed by atoms with Gasteiger partial charge < -0.3 is 14.6 Å². The maximum Gasteiger partial charge on any atom is 0.289 e. The van der Waals surface area contributed by atoms with Crippen LogP contribution in [0.2, 0.25) is 0 Å². The van der Waals surface area contributed by atoms with Gasteiger partial charge in [-0.15, -0.1) is 0 Å². The van der Waals surface area contributed by atoms with Crippen LogP contribution in [0.15, 0.2) is 22.8 Å². The molecule has 0 aliphatic carbocycles. The number of nitrogens with one attached hydrogen (secondary N) is 1. The molecule has 1 N–H and O–H groups in total.